The first-order valence-electron chi connectivity index (χ1n) is 12.6. The molecule has 0 bridgehead atoms. The van der Waals surface area contributed by atoms with E-state index in [0.717, 1.165) is 41.8 Å². The molecule has 1 N–H and O–H groups in total. The average molecular weight is 446 g/mol. The standard InChI is InChI=1S/C27H35N5O/c1-31-14-20-16-32(17-21(20)15-31)23-10-8-22(9-11-23)29-27-28-13-19-7-12-24(33-2)25(26(19)30-27)18-5-3-4-6-18/h8-11,13,18,20-21H,3-7,12,14-17H2,1-2H3,(H,28,29,30). The van der Waals surface area contributed by atoms with Crippen molar-refractivity contribution in [2.75, 3.05) is 50.6 Å². The van der Waals surface area contributed by atoms with Gasteiger partial charge in [-0.2, -0.15) is 0 Å². The first kappa shape index (κ1) is 21.0. The molecule has 174 valence electrons. The third kappa shape index (κ3) is 3.99. The van der Waals surface area contributed by atoms with E-state index in [0.29, 0.717) is 11.9 Å². The number of methoxy groups -OCH3 is 1. The Labute approximate surface area is 197 Å². The molecule has 33 heavy (non-hydrogen) atoms. The van der Waals surface area contributed by atoms with Gasteiger partial charge in [-0.25, -0.2) is 9.97 Å². The lowest BCUT2D eigenvalue weighted by Gasteiger charge is -2.25. The highest BCUT2D eigenvalue weighted by Gasteiger charge is 2.38. The van der Waals surface area contributed by atoms with Gasteiger partial charge in [-0.15, -0.1) is 0 Å². The lowest BCUT2D eigenvalue weighted by atomic mass is 9.85. The highest BCUT2D eigenvalue weighted by molar-refractivity contribution is 5.72. The number of nitrogens with one attached hydrogen (secondary N) is 1. The Morgan fingerprint density at radius 1 is 0.970 bits per heavy atom. The summed E-state index contributed by atoms with van der Waals surface area (Å²) in [6, 6.07) is 8.79. The number of aromatic nitrogens is 2. The molecule has 4 aliphatic rings. The van der Waals surface area contributed by atoms with E-state index < -0.39 is 0 Å². The second-order valence-electron chi connectivity index (χ2n) is 10.4. The van der Waals surface area contributed by atoms with Crippen molar-refractivity contribution in [3.63, 3.8) is 0 Å². The Morgan fingerprint density at radius 3 is 2.39 bits per heavy atom. The molecule has 1 saturated carbocycles. The van der Waals surface area contributed by atoms with E-state index in [2.05, 4.69) is 51.4 Å². The average Bonchev–Trinajstić information content (AvgIpc) is 3.56. The van der Waals surface area contributed by atoms with Crippen LogP contribution in [-0.2, 0) is 11.2 Å². The van der Waals surface area contributed by atoms with Crippen LogP contribution >= 0.6 is 0 Å². The Kier molecular flexibility index (Phi) is 5.49. The summed E-state index contributed by atoms with van der Waals surface area (Å²) in [5.41, 5.74) is 6.05. The number of allylic oxidation sites excluding steroid dienone is 2. The van der Waals surface area contributed by atoms with Gasteiger partial charge in [-0.05, 0) is 73.9 Å². The highest BCUT2D eigenvalue weighted by atomic mass is 16.5. The first-order valence-corrected chi connectivity index (χ1v) is 12.6. The van der Waals surface area contributed by atoms with Crippen molar-refractivity contribution >= 4 is 22.9 Å². The number of anilines is 3. The van der Waals surface area contributed by atoms with E-state index >= 15 is 0 Å². The molecule has 1 aromatic carbocycles. The normalized spacial score (nSPS) is 25.5. The number of ether oxygens (including phenoxy) is 1. The molecular formula is C27H35N5O. The molecule has 6 nitrogen and oxygen atoms in total. The van der Waals surface area contributed by atoms with Gasteiger partial charge in [0.1, 0.15) is 5.76 Å². The Morgan fingerprint density at radius 2 is 1.70 bits per heavy atom. The molecule has 0 radical (unpaired) electrons. The topological polar surface area (TPSA) is 53.5 Å². The van der Waals surface area contributed by atoms with Gasteiger partial charge < -0.3 is 19.9 Å². The Hall–Kier alpha value is -2.60. The largest absolute Gasteiger partial charge is 0.501 e. The number of likely N-dealkylation sites (tertiary alicyclic amines) is 1. The van der Waals surface area contributed by atoms with E-state index in [1.165, 1.54) is 68.7 Å². The zero-order valence-corrected chi connectivity index (χ0v) is 19.9. The number of benzene rings is 1. The van der Waals surface area contributed by atoms with Crippen LogP contribution in [0, 0.1) is 17.8 Å². The number of nitrogens with zero attached hydrogens (tertiary/aromatic N) is 4. The molecule has 0 amide bonds. The highest BCUT2D eigenvalue weighted by Crippen LogP contribution is 2.43. The molecule has 2 aromatic rings. The fraction of sp³-hybridized carbons (Fsp3) is 0.556. The van der Waals surface area contributed by atoms with Crippen molar-refractivity contribution in [3.05, 3.63) is 47.5 Å². The van der Waals surface area contributed by atoms with Crippen LogP contribution in [0.3, 0.4) is 0 Å². The summed E-state index contributed by atoms with van der Waals surface area (Å²) in [6.45, 7) is 4.82. The van der Waals surface area contributed by atoms with Crippen molar-refractivity contribution in [2.24, 2.45) is 17.8 Å². The van der Waals surface area contributed by atoms with Gasteiger partial charge >= 0.3 is 0 Å². The number of rotatable bonds is 5. The van der Waals surface area contributed by atoms with Crippen LogP contribution in [0.15, 0.2) is 36.2 Å². The first-order chi connectivity index (χ1) is 16.2. The molecule has 3 fully saturated rings. The fourth-order valence-corrected chi connectivity index (χ4v) is 6.57. The van der Waals surface area contributed by atoms with E-state index in [1.807, 2.05) is 13.3 Å². The summed E-state index contributed by atoms with van der Waals surface area (Å²) in [7, 11) is 4.05. The number of aryl methyl sites for hydroxylation is 1. The lowest BCUT2D eigenvalue weighted by molar-refractivity contribution is 0.274. The summed E-state index contributed by atoms with van der Waals surface area (Å²) in [6.07, 6.45) is 9.02. The monoisotopic (exact) mass is 445 g/mol. The summed E-state index contributed by atoms with van der Waals surface area (Å²) in [5, 5.41) is 3.45. The van der Waals surface area contributed by atoms with Crippen LogP contribution in [-0.4, -0.2) is 55.2 Å². The second kappa shape index (κ2) is 8.64. The van der Waals surface area contributed by atoms with Crippen LogP contribution in [0.1, 0.15) is 43.4 Å². The van der Waals surface area contributed by atoms with Gasteiger partial charge in [0.2, 0.25) is 5.95 Å². The molecule has 6 heteroatoms. The van der Waals surface area contributed by atoms with Crippen LogP contribution in [0.4, 0.5) is 17.3 Å². The van der Waals surface area contributed by atoms with E-state index in [4.69, 9.17) is 9.72 Å². The van der Waals surface area contributed by atoms with Gasteiger partial charge in [0, 0.05) is 55.7 Å². The molecule has 2 atom stereocenters. The maximum Gasteiger partial charge on any atom is 0.227 e. The summed E-state index contributed by atoms with van der Waals surface area (Å²) in [4.78, 5) is 14.7. The summed E-state index contributed by atoms with van der Waals surface area (Å²) >= 11 is 0. The second-order valence-corrected chi connectivity index (χ2v) is 10.4. The smallest absolute Gasteiger partial charge is 0.227 e. The Bertz CT molecular complexity index is 1030. The summed E-state index contributed by atoms with van der Waals surface area (Å²) < 4.78 is 5.82. The van der Waals surface area contributed by atoms with Gasteiger partial charge in [0.25, 0.3) is 0 Å². The SMILES string of the molecule is COC1=C(C2CCCC2)c2nc(Nc3ccc(N4CC5CN(C)CC5C4)cc3)ncc2CC1. The molecule has 1 aromatic heterocycles. The molecule has 2 saturated heterocycles. The number of hydrogen-bond acceptors (Lipinski definition) is 6. The van der Waals surface area contributed by atoms with Crippen LogP contribution in [0.5, 0.6) is 0 Å². The molecule has 3 heterocycles. The molecule has 0 spiro atoms. The number of fused-ring (bicyclic) bond motifs is 2. The van der Waals surface area contributed by atoms with Crippen molar-refractivity contribution in [1.82, 2.24) is 14.9 Å². The molecular weight excluding hydrogens is 410 g/mol. The molecule has 2 aliphatic heterocycles. The van der Waals surface area contributed by atoms with Gasteiger partial charge in [-0.1, -0.05) is 12.8 Å². The van der Waals surface area contributed by atoms with Crippen molar-refractivity contribution in [3.8, 4) is 0 Å². The van der Waals surface area contributed by atoms with Gasteiger partial charge in [0.05, 0.1) is 12.8 Å². The predicted molar refractivity (Wildman–Crippen MR) is 133 cm³/mol. The van der Waals surface area contributed by atoms with Crippen molar-refractivity contribution < 1.29 is 4.74 Å². The van der Waals surface area contributed by atoms with Crippen molar-refractivity contribution in [2.45, 2.75) is 38.5 Å². The van der Waals surface area contributed by atoms with Crippen LogP contribution in [0.2, 0.25) is 0 Å². The maximum absolute atomic E-state index is 5.82. The van der Waals surface area contributed by atoms with Gasteiger partial charge in [0.15, 0.2) is 0 Å². The van der Waals surface area contributed by atoms with Crippen LogP contribution in [0.25, 0.3) is 5.57 Å². The van der Waals surface area contributed by atoms with Gasteiger partial charge in [-0.3, -0.25) is 0 Å². The van der Waals surface area contributed by atoms with Crippen molar-refractivity contribution in [1.29, 1.82) is 0 Å². The molecule has 2 aliphatic carbocycles. The minimum atomic E-state index is 0.570. The zero-order chi connectivity index (χ0) is 22.4. The Balaban J connectivity index is 1.19. The molecule has 6 rings (SSSR count). The quantitative estimate of drug-likeness (QED) is 0.719. The minimum absolute atomic E-state index is 0.570. The third-order valence-corrected chi connectivity index (χ3v) is 8.21. The maximum atomic E-state index is 5.82. The third-order valence-electron chi connectivity index (χ3n) is 8.21. The van der Waals surface area contributed by atoms with E-state index in [9.17, 15) is 0 Å². The summed E-state index contributed by atoms with van der Waals surface area (Å²) in [5.74, 6) is 4.01. The fourth-order valence-electron chi connectivity index (χ4n) is 6.57. The van der Waals surface area contributed by atoms with Crippen LogP contribution < -0.4 is 10.2 Å². The lowest BCUT2D eigenvalue weighted by Crippen LogP contribution is -2.26. The van der Waals surface area contributed by atoms with E-state index in [1.54, 1.807) is 0 Å². The predicted octanol–water partition coefficient (Wildman–Crippen LogP) is 4.71. The van der Waals surface area contributed by atoms with E-state index in [-0.39, 0.29) is 0 Å². The minimum Gasteiger partial charge on any atom is -0.501 e. The zero-order valence-electron chi connectivity index (χ0n) is 19.9. The number of hydrogen-bond donors (Lipinski definition) is 1. The molecule has 2 unspecified atom stereocenters.